The molecule has 5 atom stereocenters. The number of carbonyl (C=O) groups excluding carboxylic acids is 1. The third kappa shape index (κ3) is 3.86. The van der Waals surface area contributed by atoms with Crippen LogP contribution in [0.5, 0.6) is 5.75 Å². The number of aromatic hydroxyl groups is 1. The Morgan fingerprint density at radius 1 is 1.11 bits per heavy atom. The number of aromatic nitrogens is 1. The van der Waals surface area contributed by atoms with Crippen LogP contribution < -0.4 is 0 Å². The van der Waals surface area contributed by atoms with E-state index in [1.807, 2.05) is 48.5 Å². The molecule has 5 heteroatoms. The van der Waals surface area contributed by atoms with Crippen LogP contribution in [-0.2, 0) is 4.74 Å². The average Bonchev–Trinajstić information content (AvgIpc) is 2.91. The highest BCUT2D eigenvalue weighted by Crippen LogP contribution is 2.44. The van der Waals surface area contributed by atoms with Crippen LogP contribution in [0, 0.1) is 11.8 Å². The van der Waals surface area contributed by atoms with Crippen LogP contribution in [0.4, 0.5) is 0 Å². The molecule has 3 aliphatic heterocycles. The maximum absolute atomic E-state index is 13.7. The van der Waals surface area contributed by atoms with E-state index in [4.69, 9.17) is 4.74 Å². The van der Waals surface area contributed by atoms with Crippen molar-refractivity contribution in [1.82, 2.24) is 9.88 Å². The molecule has 2 bridgehead atoms. The zero-order chi connectivity index (χ0) is 23.9. The Balaban J connectivity index is 1.44. The number of piperidine rings is 3. The smallest absolute Gasteiger partial charge is 0.339 e. The quantitative estimate of drug-likeness (QED) is 0.295. The van der Waals surface area contributed by atoms with Gasteiger partial charge in [0.2, 0.25) is 0 Å². The summed E-state index contributed by atoms with van der Waals surface area (Å²) >= 11 is 0. The summed E-state index contributed by atoms with van der Waals surface area (Å²) in [5, 5.41) is 12.9. The van der Waals surface area contributed by atoms with Crippen LogP contribution in [0.15, 0.2) is 85.6 Å². The van der Waals surface area contributed by atoms with Crippen LogP contribution in [0.1, 0.15) is 34.9 Å². The lowest BCUT2D eigenvalue weighted by Gasteiger charge is -2.51. The first-order valence-electron chi connectivity index (χ1n) is 12.3. The molecule has 4 heterocycles. The fourth-order valence-electron chi connectivity index (χ4n) is 6.03. The number of phenolic OH excluding ortho intramolecular Hbond substituents is 1. The first-order chi connectivity index (χ1) is 17.1. The zero-order valence-electron chi connectivity index (χ0n) is 19.5. The van der Waals surface area contributed by atoms with E-state index in [2.05, 4.69) is 22.5 Å². The maximum Gasteiger partial charge on any atom is 0.339 e. The van der Waals surface area contributed by atoms with Crippen molar-refractivity contribution in [2.45, 2.75) is 25.0 Å². The number of carbonyl (C=O) groups is 1. The molecule has 1 unspecified atom stereocenters. The van der Waals surface area contributed by atoms with E-state index in [1.54, 1.807) is 24.4 Å². The van der Waals surface area contributed by atoms with Gasteiger partial charge in [0.1, 0.15) is 11.9 Å². The van der Waals surface area contributed by atoms with E-state index in [1.165, 1.54) is 0 Å². The Bertz CT molecular complexity index is 1430. The largest absolute Gasteiger partial charge is 0.508 e. The van der Waals surface area contributed by atoms with Crippen LogP contribution in [0.25, 0.3) is 21.7 Å². The molecule has 5 nitrogen and oxygen atoms in total. The molecule has 7 rings (SSSR count). The van der Waals surface area contributed by atoms with Gasteiger partial charge in [-0.1, -0.05) is 42.5 Å². The van der Waals surface area contributed by atoms with Crippen molar-refractivity contribution in [2.75, 3.05) is 13.1 Å². The van der Waals surface area contributed by atoms with Gasteiger partial charge in [-0.25, -0.2) is 4.79 Å². The van der Waals surface area contributed by atoms with Crippen molar-refractivity contribution in [2.24, 2.45) is 11.8 Å². The third-order valence-corrected chi connectivity index (χ3v) is 7.81. The Morgan fingerprint density at radius 2 is 1.97 bits per heavy atom. The van der Waals surface area contributed by atoms with Gasteiger partial charge in [-0.05, 0) is 72.3 Å². The highest BCUT2D eigenvalue weighted by molar-refractivity contribution is 6.04. The first-order valence-corrected chi connectivity index (χ1v) is 12.3. The molecule has 0 radical (unpaired) electrons. The molecule has 4 aromatic rings. The van der Waals surface area contributed by atoms with Gasteiger partial charge in [-0.3, -0.25) is 9.88 Å². The number of nitrogens with zero attached hydrogens (tertiary/aromatic N) is 2. The van der Waals surface area contributed by atoms with Gasteiger partial charge in [-0.2, -0.15) is 0 Å². The van der Waals surface area contributed by atoms with E-state index in [-0.39, 0.29) is 17.8 Å². The normalized spacial score (nSPS) is 24.3. The number of hydrogen-bond donors (Lipinski definition) is 1. The summed E-state index contributed by atoms with van der Waals surface area (Å²) in [6.07, 6.45) is 5.42. The summed E-state index contributed by atoms with van der Waals surface area (Å²) in [4.78, 5) is 20.6. The van der Waals surface area contributed by atoms with Crippen LogP contribution in [-0.4, -0.2) is 40.1 Å². The van der Waals surface area contributed by atoms with E-state index in [0.717, 1.165) is 53.2 Å². The molecule has 176 valence electrons. The van der Waals surface area contributed by atoms with Gasteiger partial charge in [0.15, 0.2) is 0 Å². The summed E-state index contributed by atoms with van der Waals surface area (Å²) in [5.41, 5.74) is 2.22. The molecule has 0 amide bonds. The topological polar surface area (TPSA) is 62.7 Å². The van der Waals surface area contributed by atoms with E-state index in [9.17, 15) is 9.90 Å². The molecule has 3 fully saturated rings. The summed E-state index contributed by atoms with van der Waals surface area (Å²) < 4.78 is 6.42. The minimum Gasteiger partial charge on any atom is -0.508 e. The SMILES string of the molecule is C=C[C@H]1CN2CC[C@H]1C[C@H]2[C@H](OC(=O)c1cccc2ccccc12)c1ccnc2ccc(O)cc12. The number of benzene rings is 3. The first kappa shape index (κ1) is 21.8. The van der Waals surface area contributed by atoms with Crippen LogP contribution in [0.2, 0.25) is 0 Å². The molecule has 3 saturated heterocycles. The summed E-state index contributed by atoms with van der Waals surface area (Å²) in [6.45, 7) is 5.96. The number of phenols is 1. The number of pyridine rings is 1. The minimum absolute atomic E-state index is 0.0526. The lowest BCUT2D eigenvalue weighted by Crippen LogP contribution is -2.55. The summed E-state index contributed by atoms with van der Waals surface area (Å²) in [7, 11) is 0. The second kappa shape index (κ2) is 8.82. The van der Waals surface area contributed by atoms with Crippen molar-refractivity contribution >= 4 is 27.6 Å². The molecule has 0 saturated carbocycles. The molecular formula is C30H28N2O3. The van der Waals surface area contributed by atoms with Crippen LogP contribution >= 0.6 is 0 Å². The fourth-order valence-corrected chi connectivity index (χ4v) is 6.03. The minimum atomic E-state index is -0.484. The number of fused-ring (bicyclic) bond motifs is 5. The zero-order valence-corrected chi connectivity index (χ0v) is 19.5. The van der Waals surface area contributed by atoms with Crippen LogP contribution in [0.3, 0.4) is 0 Å². The summed E-state index contributed by atoms with van der Waals surface area (Å²) in [6, 6.07) is 20.8. The molecule has 3 aliphatic rings. The molecule has 1 aromatic heterocycles. The Labute approximate surface area is 204 Å². The van der Waals surface area contributed by atoms with Crippen molar-refractivity contribution in [1.29, 1.82) is 0 Å². The lowest BCUT2D eigenvalue weighted by atomic mass is 9.73. The molecule has 35 heavy (non-hydrogen) atoms. The van der Waals surface area contributed by atoms with Crippen molar-refractivity contribution < 1.29 is 14.6 Å². The fraction of sp³-hybridized carbons (Fsp3) is 0.267. The monoisotopic (exact) mass is 464 g/mol. The van der Waals surface area contributed by atoms with Gasteiger partial charge in [0.25, 0.3) is 0 Å². The van der Waals surface area contributed by atoms with E-state index in [0.29, 0.717) is 17.4 Å². The Kier molecular flexibility index (Phi) is 5.50. The molecule has 0 aliphatic carbocycles. The van der Waals surface area contributed by atoms with Crippen molar-refractivity contribution in [3.05, 3.63) is 96.7 Å². The van der Waals surface area contributed by atoms with Crippen molar-refractivity contribution in [3.63, 3.8) is 0 Å². The third-order valence-electron chi connectivity index (χ3n) is 7.81. The second-order valence-corrected chi connectivity index (χ2v) is 9.70. The average molecular weight is 465 g/mol. The number of ether oxygens (including phenoxy) is 1. The van der Waals surface area contributed by atoms with Gasteiger partial charge in [0, 0.05) is 23.7 Å². The highest BCUT2D eigenvalue weighted by Gasteiger charge is 2.44. The lowest BCUT2D eigenvalue weighted by molar-refractivity contribution is -0.0567. The van der Waals surface area contributed by atoms with Gasteiger partial charge >= 0.3 is 5.97 Å². The van der Waals surface area contributed by atoms with Gasteiger partial charge in [-0.15, -0.1) is 6.58 Å². The number of rotatable bonds is 5. The molecule has 0 spiro atoms. The molecule has 1 N–H and O–H groups in total. The predicted octanol–water partition coefficient (Wildman–Crippen LogP) is 5.89. The molecule has 3 aromatic carbocycles. The summed E-state index contributed by atoms with van der Waals surface area (Å²) in [5.74, 6) is 0.832. The number of esters is 1. The number of hydrogen-bond acceptors (Lipinski definition) is 5. The second-order valence-electron chi connectivity index (χ2n) is 9.70. The Hall–Kier alpha value is -3.70. The van der Waals surface area contributed by atoms with Gasteiger partial charge in [0.05, 0.1) is 17.1 Å². The van der Waals surface area contributed by atoms with Gasteiger partial charge < -0.3 is 9.84 Å². The highest BCUT2D eigenvalue weighted by atomic mass is 16.5. The maximum atomic E-state index is 13.7. The van der Waals surface area contributed by atoms with Crippen molar-refractivity contribution in [3.8, 4) is 5.75 Å². The van der Waals surface area contributed by atoms with E-state index < -0.39 is 6.10 Å². The predicted molar refractivity (Wildman–Crippen MR) is 137 cm³/mol. The standard InChI is InChI=1S/C30H28N2O3/c1-2-19-18-32-15-13-21(19)16-28(32)29(24-12-14-31-27-11-10-22(33)17-26(24)27)35-30(34)25-9-5-7-20-6-3-4-8-23(20)25/h2-12,14,17,19,21,28-29,33H,1,13,15-16,18H2/t19-,21-,28-,29+/m0/s1. The Morgan fingerprint density at radius 3 is 2.80 bits per heavy atom. The molecular weight excluding hydrogens is 436 g/mol. The van der Waals surface area contributed by atoms with E-state index >= 15 is 0 Å².